The molecule has 0 radical (unpaired) electrons. The molecule has 1 aliphatic heterocycles. The number of aryl methyl sites for hydroxylation is 1. The Hall–Kier alpha value is -1.90. The van der Waals surface area contributed by atoms with Gasteiger partial charge in [0.2, 0.25) is 0 Å². The van der Waals surface area contributed by atoms with Gasteiger partial charge < -0.3 is 4.90 Å². The normalized spacial score (nSPS) is 13.8. The first-order chi connectivity index (χ1) is 9.69. The van der Waals surface area contributed by atoms with E-state index in [1.807, 2.05) is 31.2 Å². The summed E-state index contributed by atoms with van der Waals surface area (Å²) in [6.07, 6.45) is 6.83. The second-order valence-corrected chi connectivity index (χ2v) is 5.13. The van der Waals surface area contributed by atoms with Crippen LogP contribution in [-0.2, 0) is 11.2 Å². The Morgan fingerprint density at radius 3 is 2.70 bits per heavy atom. The van der Waals surface area contributed by atoms with Crippen LogP contribution in [0.4, 0.5) is 5.69 Å². The minimum Gasteiger partial charge on any atom is -0.305 e. The molecule has 1 aromatic rings. The van der Waals surface area contributed by atoms with E-state index in [0.29, 0.717) is 12.1 Å². The van der Waals surface area contributed by atoms with Crippen molar-refractivity contribution >= 4 is 17.4 Å². The molecule has 20 heavy (non-hydrogen) atoms. The van der Waals surface area contributed by atoms with E-state index in [0.717, 1.165) is 43.4 Å². The number of carbonyl (C=O) groups excluding carboxylic acids is 2. The van der Waals surface area contributed by atoms with Crippen molar-refractivity contribution in [2.45, 2.75) is 39.0 Å². The molecule has 1 amide bonds. The van der Waals surface area contributed by atoms with Crippen LogP contribution in [0, 0.1) is 0 Å². The topological polar surface area (TPSA) is 37.4 Å². The van der Waals surface area contributed by atoms with Crippen molar-refractivity contribution in [2.75, 3.05) is 11.4 Å². The zero-order valence-electron chi connectivity index (χ0n) is 12.0. The molecule has 0 bridgehead atoms. The number of hydrogen-bond acceptors (Lipinski definition) is 2. The Balaban J connectivity index is 2.07. The SMILES string of the molecule is C=CCCCCCN1C(=O)C(=O)c2cc(CC)ccc21. The van der Waals surface area contributed by atoms with Gasteiger partial charge in [0, 0.05) is 6.54 Å². The number of Topliss-reactive ketones (excluding diaryl/α,β-unsaturated/α-hetero) is 1. The summed E-state index contributed by atoms with van der Waals surface area (Å²) in [4.78, 5) is 25.7. The molecule has 1 aromatic carbocycles. The number of carbonyl (C=O) groups is 2. The fourth-order valence-corrected chi connectivity index (χ4v) is 2.52. The zero-order chi connectivity index (χ0) is 14.5. The number of unbranched alkanes of at least 4 members (excludes halogenated alkanes) is 3. The Labute approximate surface area is 120 Å². The monoisotopic (exact) mass is 271 g/mol. The number of amides is 1. The van der Waals surface area contributed by atoms with Gasteiger partial charge in [-0.1, -0.05) is 25.5 Å². The molecule has 0 atom stereocenters. The van der Waals surface area contributed by atoms with Crippen molar-refractivity contribution in [3.8, 4) is 0 Å². The van der Waals surface area contributed by atoms with Crippen molar-refractivity contribution in [3.05, 3.63) is 42.0 Å². The fraction of sp³-hybridized carbons (Fsp3) is 0.412. The molecule has 0 saturated carbocycles. The van der Waals surface area contributed by atoms with Crippen LogP contribution in [0.15, 0.2) is 30.9 Å². The summed E-state index contributed by atoms with van der Waals surface area (Å²) >= 11 is 0. The molecule has 0 aromatic heterocycles. The van der Waals surface area contributed by atoms with Gasteiger partial charge >= 0.3 is 0 Å². The van der Waals surface area contributed by atoms with Gasteiger partial charge in [-0.2, -0.15) is 0 Å². The highest BCUT2D eigenvalue weighted by atomic mass is 16.2. The molecular weight excluding hydrogens is 250 g/mol. The summed E-state index contributed by atoms with van der Waals surface area (Å²) in [6, 6.07) is 5.75. The number of fused-ring (bicyclic) bond motifs is 1. The van der Waals surface area contributed by atoms with Gasteiger partial charge in [-0.3, -0.25) is 9.59 Å². The first kappa shape index (κ1) is 14.5. The largest absolute Gasteiger partial charge is 0.305 e. The van der Waals surface area contributed by atoms with Crippen LogP contribution in [0.2, 0.25) is 0 Å². The lowest BCUT2D eigenvalue weighted by Crippen LogP contribution is -2.30. The molecule has 3 nitrogen and oxygen atoms in total. The van der Waals surface area contributed by atoms with Gasteiger partial charge in [-0.15, -0.1) is 6.58 Å². The van der Waals surface area contributed by atoms with Crippen molar-refractivity contribution in [1.29, 1.82) is 0 Å². The highest BCUT2D eigenvalue weighted by Crippen LogP contribution is 2.30. The summed E-state index contributed by atoms with van der Waals surface area (Å²) in [5, 5.41) is 0. The number of anilines is 1. The molecule has 1 heterocycles. The number of allylic oxidation sites excluding steroid dienone is 1. The number of hydrogen-bond donors (Lipinski definition) is 0. The summed E-state index contributed by atoms with van der Waals surface area (Å²) in [5.74, 6) is -0.738. The standard InChI is InChI=1S/C17H21NO2/c1-3-5-6-7-8-11-18-15-10-9-13(4-2)12-14(15)16(19)17(18)20/h3,9-10,12H,1,4-8,11H2,2H3. The van der Waals surface area contributed by atoms with Gasteiger partial charge in [-0.05, 0) is 43.4 Å². The molecule has 106 valence electrons. The molecular formula is C17H21NO2. The number of rotatable bonds is 7. The third kappa shape index (κ3) is 2.82. The van der Waals surface area contributed by atoms with Crippen LogP contribution in [0.5, 0.6) is 0 Å². The molecule has 0 fully saturated rings. The van der Waals surface area contributed by atoms with E-state index in [-0.39, 0.29) is 11.7 Å². The minimum absolute atomic E-state index is 0.360. The molecule has 3 heteroatoms. The number of ketones is 1. The smallest absolute Gasteiger partial charge is 0.299 e. The van der Waals surface area contributed by atoms with E-state index >= 15 is 0 Å². The maximum atomic E-state index is 12.0. The maximum absolute atomic E-state index is 12.0. The van der Waals surface area contributed by atoms with E-state index in [1.54, 1.807) is 4.90 Å². The Kier molecular flexibility index (Phi) is 4.72. The van der Waals surface area contributed by atoms with Crippen LogP contribution in [0.25, 0.3) is 0 Å². The van der Waals surface area contributed by atoms with Crippen LogP contribution < -0.4 is 4.90 Å². The average molecular weight is 271 g/mol. The van der Waals surface area contributed by atoms with Gasteiger partial charge in [-0.25, -0.2) is 0 Å². The predicted molar refractivity (Wildman–Crippen MR) is 81.2 cm³/mol. The van der Waals surface area contributed by atoms with Crippen LogP contribution in [0.1, 0.15) is 48.5 Å². The van der Waals surface area contributed by atoms with Gasteiger partial charge in [0.25, 0.3) is 11.7 Å². The van der Waals surface area contributed by atoms with E-state index in [1.165, 1.54) is 0 Å². The van der Waals surface area contributed by atoms with Crippen LogP contribution >= 0.6 is 0 Å². The van der Waals surface area contributed by atoms with Crippen LogP contribution in [0.3, 0.4) is 0 Å². The molecule has 0 spiro atoms. The molecule has 0 saturated heterocycles. The van der Waals surface area contributed by atoms with E-state index in [2.05, 4.69) is 6.58 Å². The highest BCUT2D eigenvalue weighted by molar-refractivity contribution is 6.52. The second kappa shape index (κ2) is 6.51. The van der Waals surface area contributed by atoms with Crippen molar-refractivity contribution in [1.82, 2.24) is 0 Å². The van der Waals surface area contributed by atoms with E-state index < -0.39 is 0 Å². The summed E-state index contributed by atoms with van der Waals surface area (Å²) in [7, 11) is 0. The summed E-state index contributed by atoms with van der Waals surface area (Å²) in [5.41, 5.74) is 2.44. The molecule has 0 unspecified atom stereocenters. The van der Waals surface area contributed by atoms with Gasteiger partial charge in [0.15, 0.2) is 0 Å². The van der Waals surface area contributed by atoms with E-state index in [4.69, 9.17) is 0 Å². The third-order valence-electron chi connectivity index (χ3n) is 3.73. The summed E-state index contributed by atoms with van der Waals surface area (Å²) in [6.45, 7) is 6.36. The predicted octanol–water partition coefficient (Wildman–Crippen LogP) is 3.52. The Morgan fingerprint density at radius 1 is 1.20 bits per heavy atom. The molecule has 0 N–H and O–H groups in total. The summed E-state index contributed by atoms with van der Waals surface area (Å²) < 4.78 is 0. The lowest BCUT2D eigenvalue weighted by atomic mass is 10.1. The molecule has 1 aliphatic rings. The van der Waals surface area contributed by atoms with Gasteiger partial charge in [0.05, 0.1) is 11.3 Å². The zero-order valence-corrected chi connectivity index (χ0v) is 12.0. The second-order valence-electron chi connectivity index (χ2n) is 5.13. The van der Waals surface area contributed by atoms with Crippen molar-refractivity contribution in [3.63, 3.8) is 0 Å². The van der Waals surface area contributed by atoms with Crippen molar-refractivity contribution in [2.24, 2.45) is 0 Å². The Bertz CT molecular complexity index is 534. The number of nitrogens with zero attached hydrogens (tertiary/aromatic N) is 1. The first-order valence-electron chi connectivity index (χ1n) is 7.29. The van der Waals surface area contributed by atoms with Gasteiger partial charge in [0.1, 0.15) is 0 Å². The third-order valence-corrected chi connectivity index (χ3v) is 3.73. The lowest BCUT2D eigenvalue weighted by molar-refractivity contribution is -0.114. The lowest BCUT2D eigenvalue weighted by Gasteiger charge is -2.16. The molecule has 2 rings (SSSR count). The minimum atomic E-state index is -0.378. The quantitative estimate of drug-likeness (QED) is 0.432. The van der Waals surface area contributed by atoms with Crippen molar-refractivity contribution < 1.29 is 9.59 Å². The van der Waals surface area contributed by atoms with E-state index in [9.17, 15) is 9.59 Å². The maximum Gasteiger partial charge on any atom is 0.299 e. The Morgan fingerprint density at radius 2 is 2.00 bits per heavy atom. The van der Waals surface area contributed by atoms with Crippen LogP contribution in [-0.4, -0.2) is 18.2 Å². The number of benzene rings is 1. The highest BCUT2D eigenvalue weighted by Gasteiger charge is 2.35. The fourth-order valence-electron chi connectivity index (χ4n) is 2.52. The molecule has 0 aliphatic carbocycles. The first-order valence-corrected chi connectivity index (χ1v) is 7.29. The average Bonchev–Trinajstić information content (AvgIpc) is 2.71.